The van der Waals surface area contributed by atoms with Gasteiger partial charge in [-0.2, -0.15) is 0 Å². The molecule has 5 heterocycles. The van der Waals surface area contributed by atoms with Gasteiger partial charge in [0.15, 0.2) is 0 Å². The lowest BCUT2D eigenvalue weighted by atomic mass is 10.1. The summed E-state index contributed by atoms with van der Waals surface area (Å²) in [5, 5.41) is 7.66. The first kappa shape index (κ1) is 19.8. The maximum absolute atomic E-state index is 13.0. The number of hydrogen-bond donors (Lipinski definition) is 0. The zero-order valence-electron chi connectivity index (χ0n) is 17.2. The van der Waals surface area contributed by atoms with E-state index in [9.17, 15) is 4.79 Å². The van der Waals surface area contributed by atoms with E-state index >= 15 is 0 Å². The first-order valence-electron chi connectivity index (χ1n) is 9.95. The minimum atomic E-state index is -0.655. The molecule has 0 saturated carbocycles. The molecule has 1 aliphatic heterocycles. The van der Waals surface area contributed by atoms with Crippen molar-refractivity contribution in [3.63, 3.8) is 0 Å². The SMILES string of the molecule is COc1ccc(OC(=O)n2ccc3nc(N4CCOCC4)nc(-c4ccncc4)c32)nn1. The third-order valence-corrected chi connectivity index (χ3v) is 4.98. The van der Waals surface area contributed by atoms with Crippen LogP contribution in [0, 0.1) is 0 Å². The Morgan fingerprint density at radius 3 is 2.47 bits per heavy atom. The topological polar surface area (TPSA) is 117 Å². The third-order valence-electron chi connectivity index (χ3n) is 4.98. The molecule has 4 aromatic heterocycles. The molecule has 0 N–H and O–H groups in total. The summed E-state index contributed by atoms with van der Waals surface area (Å²) < 4.78 is 17.2. The van der Waals surface area contributed by atoms with Gasteiger partial charge < -0.3 is 19.1 Å². The van der Waals surface area contributed by atoms with Crippen molar-refractivity contribution in [1.82, 2.24) is 29.7 Å². The zero-order valence-corrected chi connectivity index (χ0v) is 17.2. The average molecular weight is 433 g/mol. The van der Waals surface area contributed by atoms with E-state index in [0.29, 0.717) is 54.9 Å². The molecule has 11 nitrogen and oxygen atoms in total. The van der Waals surface area contributed by atoms with Crippen LogP contribution in [0.4, 0.5) is 10.7 Å². The lowest BCUT2D eigenvalue weighted by molar-refractivity contribution is 0.122. The van der Waals surface area contributed by atoms with Gasteiger partial charge in [-0.25, -0.2) is 19.3 Å². The second-order valence-corrected chi connectivity index (χ2v) is 6.91. The summed E-state index contributed by atoms with van der Waals surface area (Å²) in [6, 6.07) is 8.49. The van der Waals surface area contributed by atoms with E-state index in [1.807, 2.05) is 12.1 Å². The summed E-state index contributed by atoms with van der Waals surface area (Å²) in [6.45, 7) is 2.62. The first-order valence-corrected chi connectivity index (χ1v) is 9.95. The van der Waals surface area contributed by atoms with Crippen molar-refractivity contribution in [3.05, 3.63) is 48.9 Å². The highest BCUT2D eigenvalue weighted by atomic mass is 16.6. The van der Waals surface area contributed by atoms with E-state index in [1.165, 1.54) is 17.7 Å². The Labute approximate surface area is 182 Å². The van der Waals surface area contributed by atoms with Crippen LogP contribution in [0.15, 0.2) is 48.9 Å². The Kier molecular flexibility index (Phi) is 5.30. The van der Waals surface area contributed by atoms with Crippen LogP contribution in [0.25, 0.3) is 22.3 Å². The molecule has 0 radical (unpaired) electrons. The number of nitrogens with zero attached hydrogens (tertiary/aromatic N) is 7. The van der Waals surface area contributed by atoms with Gasteiger partial charge in [0.05, 0.1) is 25.8 Å². The summed E-state index contributed by atoms with van der Waals surface area (Å²) in [5.41, 5.74) is 2.55. The number of ether oxygens (including phenoxy) is 3. The maximum Gasteiger partial charge on any atom is 0.425 e. The van der Waals surface area contributed by atoms with Crippen molar-refractivity contribution >= 4 is 23.1 Å². The summed E-state index contributed by atoms with van der Waals surface area (Å²) in [7, 11) is 1.48. The second kappa shape index (κ2) is 8.55. The number of fused-ring (bicyclic) bond motifs is 1. The van der Waals surface area contributed by atoms with Crippen LogP contribution < -0.4 is 14.4 Å². The van der Waals surface area contributed by atoms with E-state index in [2.05, 4.69) is 25.1 Å². The van der Waals surface area contributed by atoms with Gasteiger partial charge in [0.2, 0.25) is 17.7 Å². The summed E-state index contributed by atoms with van der Waals surface area (Å²) in [4.78, 5) is 28.6. The van der Waals surface area contributed by atoms with Crippen LogP contribution in [-0.2, 0) is 4.74 Å². The first-order chi connectivity index (χ1) is 15.7. The van der Waals surface area contributed by atoms with Gasteiger partial charge in [0, 0.05) is 49.4 Å². The number of aromatic nitrogens is 6. The van der Waals surface area contributed by atoms with Crippen molar-refractivity contribution in [2.24, 2.45) is 0 Å². The molecule has 1 saturated heterocycles. The standard InChI is InChI=1S/C21H19N7O4/c1-30-16-2-3-17(26-25-16)32-21(29)28-9-6-15-19(28)18(14-4-7-22-8-5-14)24-20(23-15)27-10-12-31-13-11-27/h2-9H,10-13H2,1H3. The van der Waals surface area contributed by atoms with Gasteiger partial charge in [-0.1, -0.05) is 0 Å². The van der Waals surface area contributed by atoms with Crippen LogP contribution in [0.2, 0.25) is 0 Å². The van der Waals surface area contributed by atoms with Crippen LogP contribution in [-0.4, -0.2) is 69.2 Å². The molecule has 32 heavy (non-hydrogen) atoms. The van der Waals surface area contributed by atoms with Gasteiger partial charge >= 0.3 is 6.09 Å². The average Bonchev–Trinajstić information content (AvgIpc) is 3.29. The molecule has 11 heteroatoms. The Balaban J connectivity index is 1.57. The number of hydrogen-bond acceptors (Lipinski definition) is 10. The fraction of sp³-hybridized carbons (Fsp3) is 0.238. The highest BCUT2D eigenvalue weighted by Gasteiger charge is 2.22. The normalized spacial score (nSPS) is 13.8. The number of anilines is 1. The molecule has 1 aliphatic rings. The fourth-order valence-corrected chi connectivity index (χ4v) is 3.41. The van der Waals surface area contributed by atoms with Crippen LogP contribution >= 0.6 is 0 Å². The third kappa shape index (κ3) is 3.81. The molecule has 1 fully saturated rings. The summed E-state index contributed by atoms with van der Waals surface area (Å²) in [6.07, 6.45) is 4.30. The predicted octanol–water partition coefficient (Wildman–Crippen LogP) is 2.18. The van der Waals surface area contributed by atoms with Crippen LogP contribution in [0.5, 0.6) is 11.8 Å². The minimum absolute atomic E-state index is 0.0500. The molecule has 0 aliphatic carbocycles. The van der Waals surface area contributed by atoms with Gasteiger partial charge in [0.1, 0.15) is 11.2 Å². The van der Waals surface area contributed by atoms with Gasteiger partial charge in [-0.3, -0.25) is 4.98 Å². The monoisotopic (exact) mass is 433 g/mol. The molecule has 0 unspecified atom stereocenters. The fourth-order valence-electron chi connectivity index (χ4n) is 3.41. The molecule has 0 amide bonds. The van der Waals surface area contributed by atoms with Gasteiger partial charge in [-0.15, -0.1) is 10.2 Å². The molecule has 4 aromatic rings. The van der Waals surface area contributed by atoms with Crippen LogP contribution in [0.3, 0.4) is 0 Å². The molecule has 5 rings (SSSR count). The molecular weight excluding hydrogens is 414 g/mol. The lowest BCUT2D eigenvalue weighted by Gasteiger charge is -2.27. The molecular formula is C21H19N7O4. The molecule has 162 valence electrons. The van der Waals surface area contributed by atoms with E-state index in [4.69, 9.17) is 19.2 Å². The van der Waals surface area contributed by atoms with Crippen LogP contribution in [0.1, 0.15) is 0 Å². The number of morpholine rings is 1. The predicted molar refractivity (Wildman–Crippen MR) is 114 cm³/mol. The van der Waals surface area contributed by atoms with Crippen molar-refractivity contribution in [2.45, 2.75) is 0 Å². The number of rotatable bonds is 4. The highest BCUT2D eigenvalue weighted by molar-refractivity contribution is 5.97. The van der Waals surface area contributed by atoms with Crippen molar-refractivity contribution in [2.75, 3.05) is 38.3 Å². The van der Waals surface area contributed by atoms with E-state index in [0.717, 1.165) is 5.56 Å². The van der Waals surface area contributed by atoms with Crippen molar-refractivity contribution in [3.8, 4) is 23.0 Å². The number of carbonyl (C=O) groups is 1. The molecule has 0 aromatic carbocycles. The quantitative estimate of drug-likeness (QED) is 0.474. The second-order valence-electron chi connectivity index (χ2n) is 6.91. The lowest BCUT2D eigenvalue weighted by Crippen LogP contribution is -2.37. The minimum Gasteiger partial charge on any atom is -0.480 e. The summed E-state index contributed by atoms with van der Waals surface area (Å²) >= 11 is 0. The highest BCUT2D eigenvalue weighted by Crippen LogP contribution is 2.29. The van der Waals surface area contributed by atoms with E-state index < -0.39 is 6.09 Å². The summed E-state index contributed by atoms with van der Waals surface area (Å²) in [5.74, 6) is 0.953. The Morgan fingerprint density at radius 2 is 1.75 bits per heavy atom. The largest absolute Gasteiger partial charge is 0.480 e. The van der Waals surface area contributed by atoms with E-state index in [-0.39, 0.29) is 5.88 Å². The van der Waals surface area contributed by atoms with Crippen molar-refractivity contribution < 1.29 is 19.0 Å². The number of carbonyl (C=O) groups excluding carboxylic acids is 1. The Morgan fingerprint density at radius 1 is 1.00 bits per heavy atom. The Bertz CT molecular complexity index is 1240. The molecule has 0 bridgehead atoms. The van der Waals surface area contributed by atoms with Gasteiger partial charge in [0.25, 0.3) is 0 Å². The smallest absolute Gasteiger partial charge is 0.425 e. The Hall–Kier alpha value is -4.12. The van der Waals surface area contributed by atoms with E-state index in [1.54, 1.807) is 30.7 Å². The molecule has 0 spiro atoms. The number of pyridine rings is 1. The van der Waals surface area contributed by atoms with Gasteiger partial charge in [-0.05, 0) is 18.2 Å². The zero-order chi connectivity index (χ0) is 21.9. The van der Waals surface area contributed by atoms with Crippen molar-refractivity contribution in [1.29, 1.82) is 0 Å². The number of methoxy groups -OCH3 is 1. The maximum atomic E-state index is 13.0. The molecule has 0 atom stereocenters.